The number of carbonyl (C=O) groups is 1. The van der Waals surface area contributed by atoms with Crippen LogP contribution in [0.5, 0.6) is 0 Å². The number of carbonyl (C=O) groups excluding carboxylic acids is 1. The van der Waals surface area contributed by atoms with Crippen molar-refractivity contribution < 1.29 is 14.6 Å². The third kappa shape index (κ3) is 5.43. The van der Waals surface area contributed by atoms with Crippen LogP contribution in [-0.4, -0.2) is 17.7 Å². The monoisotopic (exact) mass is 264 g/mol. The van der Waals surface area contributed by atoms with Gasteiger partial charge in [0, 0.05) is 0 Å². The van der Waals surface area contributed by atoms with Crippen LogP contribution >= 0.6 is 0 Å². The topological polar surface area (TPSA) is 46.5 Å². The van der Waals surface area contributed by atoms with Crippen LogP contribution in [0.15, 0.2) is 24.3 Å². The van der Waals surface area contributed by atoms with Crippen molar-refractivity contribution in [1.82, 2.24) is 0 Å². The predicted molar refractivity (Wildman–Crippen MR) is 75.9 cm³/mol. The van der Waals surface area contributed by atoms with Crippen LogP contribution in [0.2, 0.25) is 0 Å². The molecule has 0 unspecified atom stereocenters. The van der Waals surface area contributed by atoms with E-state index in [1.165, 1.54) is 12.8 Å². The fourth-order valence-electron chi connectivity index (χ4n) is 1.87. The van der Waals surface area contributed by atoms with Gasteiger partial charge in [-0.05, 0) is 24.5 Å². The fourth-order valence-corrected chi connectivity index (χ4v) is 1.87. The summed E-state index contributed by atoms with van der Waals surface area (Å²) in [6, 6.07) is 7.41. The lowest BCUT2D eigenvalue weighted by molar-refractivity contribution is -0.145. The smallest absolute Gasteiger partial charge is 0.313 e. The SMILES string of the molecule is CCCCCCOC(=O)[C@@H](C)c1ccc(CO)cc1. The Labute approximate surface area is 115 Å². The second-order valence-electron chi connectivity index (χ2n) is 4.85. The van der Waals surface area contributed by atoms with Crippen molar-refractivity contribution in [3.63, 3.8) is 0 Å². The van der Waals surface area contributed by atoms with Crippen molar-refractivity contribution in [2.45, 2.75) is 52.1 Å². The maximum absolute atomic E-state index is 11.9. The first-order chi connectivity index (χ1) is 9.19. The minimum absolute atomic E-state index is 0.0243. The van der Waals surface area contributed by atoms with E-state index in [4.69, 9.17) is 9.84 Å². The van der Waals surface area contributed by atoms with Crippen molar-refractivity contribution in [2.24, 2.45) is 0 Å². The first-order valence-corrected chi connectivity index (χ1v) is 7.05. The first-order valence-electron chi connectivity index (χ1n) is 7.05. The van der Waals surface area contributed by atoms with Crippen molar-refractivity contribution in [3.05, 3.63) is 35.4 Å². The molecule has 0 aliphatic rings. The highest BCUT2D eigenvalue weighted by Crippen LogP contribution is 2.17. The lowest BCUT2D eigenvalue weighted by Gasteiger charge is -2.12. The van der Waals surface area contributed by atoms with Gasteiger partial charge in [0.15, 0.2) is 0 Å². The standard InChI is InChI=1S/C16H24O3/c1-3-4-5-6-11-19-16(18)13(2)15-9-7-14(12-17)8-10-15/h7-10,13,17H,3-6,11-12H2,1-2H3/t13-/m0/s1. The zero-order chi connectivity index (χ0) is 14.1. The number of unbranched alkanes of at least 4 members (excludes halogenated alkanes) is 3. The highest BCUT2D eigenvalue weighted by Gasteiger charge is 2.16. The Morgan fingerprint density at radius 2 is 1.89 bits per heavy atom. The average molecular weight is 264 g/mol. The molecule has 0 saturated heterocycles. The second kappa shape index (κ2) is 8.70. The van der Waals surface area contributed by atoms with Crippen molar-refractivity contribution in [2.75, 3.05) is 6.61 Å². The minimum atomic E-state index is -0.251. The molecule has 3 nitrogen and oxygen atoms in total. The number of aliphatic hydroxyl groups excluding tert-OH is 1. The van der Waals surface area contributed by atoms with Gasteiger partial charge in [-0.2, -0.15) is 0 Å². The molecule has 1 aromatic carbocycles. The summed E-state index contributed by atoms with van der Waals surface area (Å²) in [5, 5.41) is 8.97. The molecule has 0 amide bonds. The molecule has 0 saturated carbocycles. The normalized spacial score (nSPS) is 12.2. The van der Waals surface area contributed by atoms with Crippen molar-refractivity contribution >= 4 is 5.97 Å². The highest BCUT2D eigenvalue weighted by molar-refractivity contribution is 5.77. The quantitative estimate of drug-likeness (QED) is 0.578. The second-order valence-corrected chi connectivity index (χ2v) is 4.85. The molecule has 0 aliphatic carbocycles. The van der Waals surface area contributed by atoms with Gasteiger partial charge in [-0.3, -0.25) is 4.79 Å². The summed E-state index contributed by atoms with van der Waals surface area (Å²) in [4.78, 5) is 11.9. The molecular weight excluding hydrogens is 240 g/mol. The van der Waals surface area contributed by atoms with Crippen molar-refractivity contribution in [3.8, 4) is 0 Å². The van der Waals surface area contributed by atoms with Gasteiger partial charge >= 0.3 is 5.97 Å². The summed E-state index contributed by atoms with van der Waals surface area (Å²) in [7, 11) is 0. The third-order valence-corrected chi connectivity index (χ3v) is 3.26. The number of hydrogen-bond acceptors (Lipinski definition) is 3. The first kappa shape index (κ1) is 15.7. The Hall–Kier alpha value is -1.35. The van der Waals surface area contributed by atoms with Crippen molar-refractivity contribution in [1.29, 1.82) is 0 Å². The van der Waals surface area contributed by atoms with Crippen LogP contribution < -0.4 is 0 Å². The number of rotatable bonds is 8. The van der Waals surface area contributed by atoms with E-state index in [1.807, 2.05) is 31.2 Å². The van der Waals surface area contributed by atoms with Gasteiger partial charge < -0.3 is 9.84 Å². The maximum atomic E-state index is 11.9. The van der Waals surface area contributed by atoms with Gasteiger partial charge in [0.1, 0.15) is 0 Å². The van der Waals surface area contributed by atoms with E-state index in [-0.39, 0.29) is 18.5 Å². The van der Waals surface area contributed by atoms with Crippen LogP contribution in [0.25, 0.3) is 0 Å². The van der Waals surface area contributed by atoms with Crippen LogP contribution in [0.1, 0.15) is 56.6 Å². The van der Waals surface area contributed by atoms with E-state index in [0.29, 0.717) is 6.61 Å². The van der Waals surface area contributed by atoms with Gasteiger partial charge in [-0.25, -0.2) is 0 Å². The van der Waals surface area contributed by atoms with Gasteiger partial charge in [0.2, 0.25) is 0 Å². The Morgan fingerprint density at radius 1 is 1.21 bits per heavy atom. The van der Waals surface area contributed by atoms with E-state index >= 15 is 0 Å². The highest BCUT2D eigenvalue weighted by atomic mass is 16.5. The van der Waals surface area contributed by atoms with E-state index in [9.17, 15) is 4.79 Å². The largest absolute Gasteiger partial charge is 0.465 e. The summed E-state index contributed by atoms with van der Waals surface area (Å²) in [5.74, 6) is -0.424. The summed E-state index contributed by atoms with van der Waals surface area (Å²) in [5.41, 5.74) is 1.78. The maximum Gasteiger partial charge on any atom is 0.313 e. The fraction of sp³-hybridized carbons (Fsp3) is 0.562. The van der Waals surface area contributed by atoms with Crippen LogP contribution in [0, 0.1) is 0 Å². The molecule has 19 heavy (non-hydrogen) atoms. The van der Waals surface area contributed by atoms with Gasteiger partial charge in [-0.15, -0.1) is 0 Å². The van der Waals surface area contributed by atoms with E-state index < -0.39 is 0 Å². The van der Waals surface area contributed by atoms with Gasteiger partial charge in [0.25, 0.3) is 0 Å². The molecule has 0 aliphatic heterocycles. The summed E-state index contributed by atoms with van der Waals surface area (Å²) in [6.45, 7) is 4.54. The molecule has 1 N–H and O–H groups in total. The average Bonchev–Trinajstić information content (AvgIpc) is 2.46. The molecule has 3 heteroatoms. The molecule has 1 rings (SSSR count). The molecule has 0 heterocycles. The lowest BCUT2D eigenvalue weighted by Crippen LogP contribution is -2.14. The molecule has 0 spiro atoms. The van der Waals surface area contributed by atoms with Crippen LogP contribution in [-0.2, 0) is 16.1 Å². The predicted octanol–water partition coefficient (Wildman–Crippen LogP) is 3.41. The Morgan fingerprint density at radius 3 is 2.47 bits per heavy atom. The Bertz CT molecular complexity index is 370. The molecule has 1 atom stereocenters. The number of aliphatic hydroxyl groups is 1. The molecule has 0 radical (unpaired) electrons. The third-order valence-electron chi connectivity index (χ3n) is 3.26. The lowest BCUT2D eigenvalue weighted by atomic mass is 10.0. The summed E-state index contributed by atoms with van der Waals surface area (Å²) < 4.78 is 5.27. The Kier molecular flexibility index (Phi) is 7.19. The molecule has 106 valence electrons. The molecule has 0 aromatic heterocycles. The number of hydrogen-bond donors (Lipinski definition) is 1. The van der Waals surface area contributed by atoms with Crippen LogP contribution in [0.4, 0.5) is 0 Å². The van der Waals surface area contributed by atoms with E-state index in [2.05, 4.69) is 6.92 Å². The zero-order valence-corrected chi connectivity index (χ0v) is 11.9. The molecule has 1 aromatic rings. The van der Waals surface area contributed by atoms with E-state index in [1.54, 1.807) is 0 Å². The number of esters is 1. The number of benzene rings is 1. The Balaban J connectivity index is 2.38. The number of ether oxygens (including phenoxy) is 1. The van der Waals surface area contributed by atoms with Gasteiger partial charge in [-0.1, -0.05) is 50.5 Å². The van der Waals surface area contributed by atoms with Gasteiger partial charge in [0.05, 0.1) is 19.1 Å². The van der Waals surface area contributed by atoms with Crippen LogP contribution in [0.3, 0.4) is 0 Å². The minimum Gasteiger partial charge on any atom is -0.465 e. The molecule has 0 fully saturated rings. The summed E-state index contributed by atoms with van der Waals surface area (Å²) >= 11 is 0. The summed E-state index contributed by atoms with van der Waals surface area (Å²) in [6.07, 6.45) is 4.43. The molecular formula is C16H24O3. The molecule has 0 bridgehead atoms. The van der Waals surface area contributed by atoms with E-state index in [0.717, 1.165) is 24.0 Å². The zero-order valence-electron chi connectivity index (χ0n) is 11.9.